The van der Waals surface area contributed by atoms with Gasteiger partial charge in [0.25, 0.3) is 5.91 Å². The number of carbonyl (C=O) groups excluding carboxylic acids is 1. The molecule has 6 heteroatoms. The summed E-state index contributed by atoms with van der Waals surface area (Å²) in [7, 11) is 0. The Labute approximate surface area is 162 Å². The Kier molecular flexibility index (Phi) is 5.76. The number of halogens is 2. The van der Waals surface area contributed by atoms with Crippen LogP contribution in [0.2, 0.25) is 10.0 Å². The predicted molar refractivity (Wildman–Crippen MR) is 108 cm³/mol. The number of nitrogens with one attached hydrogen (secondary N) is 1. The second-order valence-corrected chi connectivity index (χ2v) is 6.43. The maximum Gasteiger partial charge on any atom is 0.257 e. The molecule has 3 rings (SSSR count). The number of nitrogens with zero attached hydrogens (tertiary/aromatic N) is 2. The highest BCUT2D eigenvalue weighted by Crippen LogP contribution is 2.27. The van der Waals surface area contributed by atoms with Crippen LogP contribution in [0.4, 0.5) is 17.1 Å². The van der Waals surface area contributed by atoms with Crippen LogP contribution >= 0.6 is 23.2 Å². The molecule has 26 heavy (non-hydrogen) atoms. The molecule has 0 bridgehead atoms. The van der Waals surface area contributed by atoms with E-state index in [2.05, 4.69) is 15.2 Å². The number of amides is 1. The average molecular weight is 386 g/mol. The molecule has 0 aliphatic heterocycles. The molecule has 132 valence electrons. The lowest BCUT2D eigenvalue weighted by molar-refractivity contribution is 0.102. The van der Waals surface area contributed by atoms with Crippen molar-refractivity contribution in [1.29, 1.82) is 0 Å². The van der Waals surface area contributed by atoms with Crippen molar-refractivity contribution in [2.24, 2.45) is 0 Å². The van der Waals surface area contributed by atoms with Crippen LogP contribution in [0.25, 0.3) is 0 Å². The van der Waals surface area contributed by atoms with Crippen molar-refractivity contribution in [2.45, 2.75) is 6.92 Å². The van der Waals surface area contributed by atoms with Crippen LogP contribution in [-0.4, -0.2) is 17.4 Å². The SMILES string of the molecule is CCN(c1ccccc1)c1cncc(C(=O)Nc2ccc(Cl)cc2Cl)c1. The minimum atomic E-state index is -0.285. The van der Waals surface area contributed by atoms with E-state index < -0.39 is 0 Å². The molecule has 0 saturated carbocycles. The summed E-state index contributed by atoms with van der Waals surface area (Å²) in [5.41, 5.74) is 2.83. The van der Waals surface area contributed by atoms with Gasteiger partial charge in [0.2, 0.25) is 0 Å². The number of pyridine rings is 1. The van der Waals surface area contributed by atoms with Crippen LogP contribution < -0.4 is 10.2 Å². The topological polar surface area (TPSA) is 45.2 Å². The molecule has 0 saturated heterocycles. The molecule has 4 nitrogen and oxygen atoms in total. The maximum absolute atomic E-state index is 12.6. The molecule has 1 amide bonds. The first-order chi connectivity index (χ1) is 12.6. The highest BCUT2D eigenvalue weighted by molar-refractivity contribution is 6.36. The molecule has 0 atom stereocenters. The van der Waals surface area contributed by atoms with Gasteiger partial charge in [0, 0.05) is 23.5 Å². The summed E-state index contributed by atoms with van der Waals surface area (Å²) in [5, 5.41) is 3.69. The predicted octanol–water partition coefficient (Wildman–Crippen LogP) is 5.80. The van der Waals surface area contributed by atoms with Crippen LogP contribution in [0.15, 0.2) is 67.0 Å². The highest BCUT2D eigenvalue weighted by Gasteiger charge is 2.13. The molecule has 0 aliphatic rings. The first-order valence-corrected chi connectivity index (χ1v) is 8.88. The van der Waals surface area contributed by atoms with E-state index in [9.17, 15) is 4.79 Å². The third-order valence-electron chi connectivity index (χ3n) is 3.86. The first-order valence-electron chi connectivity index (χ1n) is 8.12. The summed E-state index contributed by atoms with van der Waals surface area (Å²) in [5.74, 6) is -0.285. The Morgan fingerprint density at radius 2 is 1.81 bits per heavy atom. The van der Waals surface area contributed by atoms with Crippen LogP contribution in [0.3, 0.4) is 0 Å². The molecule has 0 spiro atoms. The molecule has 2 aromatic carbocycles. The van der Waals surface area contributed by atoms with Gasteiger partial charge in [-0.05, 0) is 43.3 Å². The number of carbonyl (C=O) groups is 1. The van der Waals surface area contributed by atoms with Crippen LogP contribution in [0.5, 0.6) is 0 Å². The molecule has 1 aromatic heterocycles. The third-order valence-corrected chi connectivity index (χ3v) is 4.41. The quantitative estimate of drug-likeness (QED) is 0.603. The Hall–Kier alpha value is -2.56. The molecule has 0 radical (unpaired) electrons. The Morgan fingerprint density at radius 1 is 1.04 bits per heavy atom. The molecule has 0 fully saturated rings. The molecule has 1 heterocycles. The van der Waals surface area contributed by atoms with Gasteiger partial charge in [-0.15, -0.1) is 0 Å². The van der Waals surface area contributed by atoms with Gasteiger partial charge in [-0.25, -0.2) is 0 Å². The Balaban J connectivity index is 1.85. The number of aromatic nitrogens is 1. The van der Waals surface area contributed by atoms with Gasteiger partial charge in [-0.1, -0.05) is 41.4 Å². The minimum absolute atomic E-state index is 0.285. The van der Waals surface area contributed by atoms with Crippen molar-refractivity contribution >= 4 is 46.2 Å². The standard InChI is InChI=1S/C20H17Cl2N3O/c1-2-25(16-6-4-3-5-7-16)17-10-14(12-23-13-17)20(26)24-19-9-8-15(21)11-18(19)22/h3-13H,2H2,1H3,(H,24,26). The van der Waals surface area contributed by atoms with E-state index in [1.807, 2.05) is 43.3 Å². The van der Waals surface area contributed by atoms with Crippen LogP contribution in [0.1, 0.15) is 17.3 Å². The zero-order valence-electron chi connectivity index (χ0n) is 14.1. The van der Waals surface area contributed by atoms with Gasteiger partial charge in [0.05, 0.1) is 28.2 Å². The van der Waals surface area contributed by atoms with Crippen LogP contribution in [-0.2, 0) is 0 Å². The van der Waals surface area contributed by atoms with Gasteiger partial charge in [0.15, 0.2) is 0 Å². The van der Waals surface area contributed by atoms with Gasteiger partial charge in [0.1, 0.15) is 0 Å². The third kappa shape index (κ3) is 4.15. The Morgan fingerprint density at radius 3 is 2.50 bits per heavy atom. The zero-order valence-corrected chi connectivity index (χ0v) is 15.6. The molecule has 1 N–H and O–H groups in total. The fraction of sp³-hybridized carbons (Fsp3) is 0.100. The Bertz CT molecular complexity index is 916. The molecule has 0 unspecified atom stereocenters. The lowest BCUT2D eigenvalue weighted by Crippen LogP contribution is -2.18. The highest BCUT2D eigenvalue weighted by atomic mass is 35.5. The van der Waals surface area contributed by atoms with E-state index in [1.54, 1.807) is 24.4 Å². The minimum Gasteiger partial charge on any atom is -0.340 e. The van der Waals surface area contributed by atoms with Crippen LogP contribution in [0, 0.1) is 0 Å². The summed E-state index contributed by atoms with van der Waals surface area (Å²) in [6.07, 6.45) is 3.27. The molecule has 3 aromatic rings. The summed E-state index contributed by atoms with van der Waals surface area (Å²) in [6.45, 7) is 2.80. The molecular weight excluding hydrogens is 369 g/mol. The number of para-hydroxylation sites is 1. The van der Waals surface area contributed by atoms with E-state index in [1.165, 1.54) is 6.20 Å². The van der Waals surface area contributed by atoms with E-state index >= 15 is 0 Å². The first kappa shape index (κ1) is 18.2. The van der Waals surface area contributed by atoms with Crippen molar-refractivity contribution in [1.82, 2.24) is 4.98 Å². The summed E-state index contributed by atoms with van der Waals surface area (Å²) >= 11 is 12.0. The maximum atomic E-state index is 12.6. The van der Waals surface area contributed by atoms with Gasteiger partial charge in [-0.3, -0.25) is 9.78 Å². The van der Waals surface area contributed by atoms with E-state index in [0.717, 1.165) is 17.9 Å². The second-order valence-electron chi connectivity index (χ2n) is 5.59. The van der Waals surface area contributed by atoms with Crippen molar-refractivity contribution in [3.8, 4) is 0 Å². The average Bonchev–Trinajstić information content (AvgIpc) is 2.66. The van der Waals surface area contributed by atoms with Crippen molar-refractivity contribution in [2.75, 3.05) is 16.8 Å². The summed E-state index contributed by atoms with van der Waals surface area (Å²) < 4.78 is 0. The number of benzene rings is 2. The van der Waals surface area contributed by atoms with E-state index in [4.69, 9.17) is 23.2 Å². The number of rotatable bonds is 5. The lowest BCUT2D eigenvalue weighted by Gasteiger charge is -2.23. The monoisotopic (exact) mass is 385 g/mol. The van der Waals surface area contributed by atoms with Gasteiger partial charge >= 0.3 is 0 Å². The largest absolute Gasteiger partial charge is 0.340 e. The normalized spacial score (nSPS) is 10.4. The van der Waals surface area contributed by atoms with E-state index in [0.29, 0.717) is 21.3 Å². The van der Waals surface area contributed by atoms with Gasteiger partial charge in [-0.2, -0.15) is 0 Å². The molecule has 0 aliphatic carbocycles. The second kappa shape index (κ2) is 8.21. The number of hydrogen-bond acceptors (Lipinski definition) is 3. The smallest absolute Gasteiger partial charge is 0.257 e. The zero-order chi connectivity index (χ0) is 18.5. The van der Waals surface area contributed by atoms with Crippen molar-refractivity contribution in [3.05, 3.63) is 82.6 Å². The lowest BCUT2D eigenvalue weighted by atomic mass is 10.2. The summed E-state index contributed by atoms with van der Waals surface area (Å²) in [6, 6.07) is 16.7. The fourth-order valence-corrected chi connectivity index (χ4v) is 3.06. The number of hydrogen-bond donors (Lipinski definition) is 1. The van der Waals surface area contributed by atoms with E-state index in [-0.39, 0.29) is 5.91 Å². The van der Waals surface area contributed by atoms with Gasteiger partial charge < -0.3 is 10.2 Å². The number of anilines is 3. The summed E-state index contributed by atoms with van der Waals surface area (Å²) in [4.78, 5) is 18.9. The molecular formula is C20H17Cl2N3O. The van der Waals surface area contributed by atoms with Crippen molar-refractivity contribution < 1.29 is 4.79 Å². The fourth-order valence-electron chi connectivity index (χ4n) is 2.61. The van der Waals surface area contributed by atoms with Crippen molar-refractivity contribution in [3.63, 3.8) is 0 Å².